The zero-order valence-electron chi connectivity index (χ0n) is 9.59. The van der Waals surface area contributed by atoms with E-state index in [9.17, 15) is 22.5 Å². The van der Waals surface area contributed by atoms with Gasteiger partial charge in [0.05, 0.1) is 21.3 Å². The van der Waals surface area contributed by atoms with E-state index < -0.39 is 25.1 Å². The minimum Gasteiger partial charge on any atom is -0.448 e. The van der Waals surface area contributed by atoms with E-state index in [2.05, 4.69) is 0 Å². The van der Waals surface area contributed by atoms with Gasteiger partial charge in [-0.25, -0.2) is 0 Å². The molecule has 0 spiro atoms. The summed E-state index contributed by atoms with van der Waals surface area (Å²) in [5, 5.41) is -0.210. The van der Waals surface area contributed by atoms with Crippen molar-refractivity contribution in [3.63, 3.8) is 0 Å². The van der Waals surface area contributed by atoms with Gasteiger partial charge >= 0.3 is 58.4 Å². The van der Waals surface area contributed by atoms with Crippen LogP contribution in [0.3, 0.4) is 0 Å². The Balaban J connectivity index is 0.00000180. The first-order valence-corrected chi connectivity index (χ1v) is 5.53. The quantitative estimate of drug-likeness (QED) is 0.560. The van der Waals surface area contributed by atoms with Gasteiger partial charge in [0.2, 0.25) is 0 Å². The van der Waals surface area contributed by atoms with Crippen molar-refractivity contribution in [2.24, 2.45) is 0 Å². The van der Waals surface area contributed by atoms with Gasteiger partial charge in [0.1, 0.15) is 0 Å². The zero-order valence-corrected chi connectivity index (χ0v) is 14.2. The summed E-state index contributed by atoms with van der Waals surface area (Å²) in [4.78, 5) is 23.4. The fourth-order valence-electron chi connectivity index (χ4n) is 1.73. The summed E-state index contributed by atoms with van der Waals surface area (Å²) in [6.45, 7) is -5.27. The number of Topliss-reactive ketones (excluding diaryl/α,β-unsaturated/α-hetero) is 1. The summed E-state index contributed by atoms with van der Waals surface area (Å²) in [6, 6.07) is 2.50. The largest absolute Gasteiger partial charge is 1.00 e. The van der Waals surface area contributed by atoms with E-state index in [0.717, 1.165) is 0 Å². The van der Waals surface area contributed by atoms with Crippen LogP contribution in [0.15, 0.2) is 12.1 Å². The Labute approximate surface area is 158 Å². The monoisotopic (exact) mass is 335 g/mol. The van der Waals surface area contributed by atoms with Crippen LogP contribution in [0.5, 0.6) is 0 Å². The Hall–Kier alpha value is 0.431. The van der Waals surface area contributed by atoms with Gasteiger partial charge in [-0.15, -0.1) is 0 Å². The molecule has 0 aromatic heterocycles. The Morgan fingerprint density at radius 1 is 1.11 bits per heavy atom. The van der Waals surface area contributed by atoms with Crippen LogP contribution in [0.4, 0.5) is 18.6 Å². The molecule has 0 saturated carbocycles. The molecule has 0 saturated heterocycles. The van der Waals surface area contributed by atoms with Gasteiger partial charge in [-0.05, 0) is 18.6 Å². The molecule has 2 rings (SSSR count). The van der Waals surface area contributed by atoms with Gasteiger partial charge in [-0.3, -0.25) is 9.59 Å². The number of carbonyl (C=O) groups is 2. The first-order valence-electron chi connectivity index (χ1n) is 4.77. The van der Waals surface area contributed by atoms with Crippen molar-refractivity contribution in [2.75, 3.05) is 11.3 Å². The van der Waals surface area contributed by atoms with E-state index in [1.807, 2.05) is 0 Å². The molecule has 1 aliphatic rings. The molecule has 96 valence electrons. The van der Waals surface area contributed by atoms with Crippen molar-refractivity contribution in [3.8, 4) is 0 Å². The first-order chi connectivity index (χ1) is 8.22. The molecule has 1 amide bonds. The minimum atomic E-state index is -5.27. The van der Waals surface area contributed by atoms with Crippen molar-refractivity contribution in [2.45, 2.75) is 0 Å². The molecule has 0 bridgehead atoms. The second kappa shape index (κ2) is 6.05. The van der Waals surface area contributed by atoms with Crippen LogP contribution in [-0.4, -0.2) is 25.1 Å². The first kappa shape index (κ1) is 17.5. The van der Waals surface area contributed by atoms with Crippen LogP contribution in [0.2, 0.25) is 10.0 Å². The second-order valence-corrected chi connectivity index (χ2v) is 4.52. The number of anilines is 1. The second-order valence-electron chi connectivity index (χ2n) is 3.71. The minimum absolute atomic E-state index is 0. The molecule has 0 N–H and O–H groups in total. The van der Waals surface area contributed by atoms with E-state index in [4.69, 9.17) is 23.2 Å². The van der Waals surface area contributed by atoms with Gasteiger partial charge in [0, 0.05) is 0 Å². The normalized spacial score (nSPS) is 14.5. The molecule has 0 aliphatic carbocycles. The number of carbonyl (C=O) groups excluding carboxylic acids is 2. The number of benzene rings is 1. The number of fused-ring (bicyclic) bond motifs is 1. The smallest absolute Gasteiger partial charge is 0.448 e. The standard InChI is InChI=1S/C9H4BCl2F3NO2.K/c11-4-1-2-5(12)7-6(4)8(17)9(18)16(7)3-10(13,14)15;/h1-2H,3H2;/q-1;+1. The topological polar surface area (TPSA) is 37.4 Å². The average molecular weight is 336 g/mol. The molecule has 0 fully saturated rings. The SMILES string of the molecule is O=C1C(=O)N(C[B-](F)(F)F)c2c(Cl)ccc(Cl)c21.[K+]. The molecule has 19 heavy (non-hydrogen) atoms. The van der Waals surface area contributed by atoms with Gasteiger partial charge in [-0.1, -0.05) is 23.2 Å². The maximum absolute atomic E-state index is 12.4. The van der Waals surface area contributed by atoms with Crippen molar-refractivity contribution >= 4 is 47.6 Å². The molecule has 0 radical (unpaired) electrons. The molecule has 1 heterocycles. The van der Waals surface area contributed by atoms with Crippen molar-refractivity contribution in [3.05, 3.63) is 27.7 Å². The van der Waals surface area contributed by atoms with E-state index in [1.165, 1.54) is 12.1 Å². The average Bonchev–Trinajstić information content (AvgIpc) is 2.48. The van der Waals surface area contributed by atoms with Crippen LogP contribution < -0.4 is 56.3 Å². The number of nitrogens with zero attached hydrogens (tertiary/aromatic N) is 1. The number of hydrogen-bond acceptors (Lipinski definition) is 2. The van der Waals surface area contributed by atoms with Crippen molar-refractivity contribution < 1.29 is 73.9 Å². The van der Waals surface area contributed by atoms with Crippen LogP contribution in [-0.2, 0) is 4.79 Å². The molecular weight excluding hydrogens is 332 g/mol. The van der Waals surface area contributed by atoms with Crippen LogP contribution in [0.1, 0.15) is 10.4 Å². The molecule has 1 aromatic carbocycles. The van der Waals surface area contributed by atoms with E-state index in [1.54, 1.807) is 0 Å². The third-order valence-electron chi connectivity index (χ3n) is 2.40. The summed E-state index contributed by atoms with van der Waals surface area (Å²) < 4.78 is 37.2. The zero-order chi connectivity index (χ0) is 13.7. The molecule has 0 unspecified atom stereocenters. The van der Waals surface area contributed by atoms with Gasteiger partial charge in [0.15, 0.2) is 0 Å². The van der Waals surface area contributed by atoms with E-state index in [0.29, 0.717) is 4.90 Å². The maximum atomic E-state index is 12.4. The van der Waals surface area contributed by atoms with Crippen LogP contribution in [0.25, 0.3) is 0 Å². The predicted octanol–water partition coefficient (Wildman–Crippen LogP) is -0.0867. The Morgan fingerprint density at radius 2 is 1.63 bits per heavy atom. The fraction of sp³-hybridized carbons (Fsp3) is 0.111. The summed E-state index contributed by atoms with van der Waals surface area (Å²) in [5.41, 5.74) is -0.535. The number of rotatable bonds is 2. The molecule has 3 nitrogen and oxygen atoms in total. The summed E-state index contributed by atoms with van der Waals surface area (Å²) in [7, 11) is 0. The van der Waals surface area contributed by atoms with Gasteiger partial charge in [-0.2, -0.15) is 0 Å². The number of halogens is 5. The van der Waals surface area contributed by atoms with Crippen molar-refractivity contribution in [1.82, 2.24) is 0 Å². The van der Waals surface area contributed by atoms with Crippen LogP contribution in [0, 0.1) is 0 Å². The maximum Gasteiger partial charge on any atom is 1.00 e. The Kier molecular flexibility index (Phi) is 5.56. The van der Waals surface area contributed by atoms with E-state index in [-0.39, 0.29) is 72.7 Å². The Morgan fingerprint density at radius 3 is 2.16 bits per heavy atom. The van der Waals surface area contributed by atoms with Crippen LogP contribution >= 0.6 is 23.2 Å². The van der Waals surface area contributed by atoms with Crippen molar-refractivity contribution in [1.29, 1.82) is 0 Å². The fourth-order valence-corrected chi connectivity index (χ4v) is 2.23. The predicted molar refractivity (Wildman–Crippen MR) is 62.2 cm³/mol. The molecule has 1 aliphatic heterocycles. The van der Waals surface area contributed by atoms with E-state index >= 15 is 0 Å². The third-order valence-corrected chi connectivity index (χ3v) is 3.02. The number of ketones is 1. The number of hydrogen-bond donors (Lipinski definition) is 0. The van der Waals surface area contributed by atoms with Gasteiger partial charge < -0.3 is 17.8 Å². The summed E-state index contributed by atoms with van der Waals surface area (Å²) >= 11 is 11.4. The Bertz CT molecular complexity index is 567. The van der Waals surface area contributed by atoms with Gasteiger partial charge in [0.25, 0.3) is 11.7 Å². The molecule has 1 aromatic rings. The third kappa shape index (κ3) is 3.37. The molecule has 10 heteroatoms. The molecule has 0 atom stereocenters. The summed E-state index contributed by atoms with van der Waals surface area (Å²) in [6.07, 6.45) is -1.52. The summed E-state index contributed by atoms with van der Waals surface area (Å²) in [5.74, 6) is -2.34. The molecular formula is C9H4BCl2F3KNO2. The number of amides is 1.